The maximum atomic E-state index is 12.7. The zero-order valence-corrected chi connectivity index (χ0v) is 11.7. The molecule has 7 heteroatoms. The summed E-state index contributed by atoms with van der Waals surface area (Å²) in [5.41, 5.74) is 4.12. The van der Waals surface area contributed by atoms with E-state index in [9.17, 15) is 18.0 Å². The van der Waals surface area contributed by atoms with Crippen LogP contribution in [0.3, 0.4) is 0 Å². The molecule has 1 aromatic rings. The minimum atomic E-state index is -4.53. The molecule has 4 nitrogen and oxygen atoms in total. The minimum absolute atomic E-state index is 0.100. The van der Waals surface area contributed by atoms with Gasteiger partial charge in [0.05, 0.1) is 12.1 Å². The third-order valence-corrected chi connectivity index (χ3v) is 3.73. The molecule has 0 bridgehead atoms. The first-order valence-electron chi connectivity index (χ1n) is 6.74. The van der Waals surface area contributed by atoms with Gasteiger partial charge in [-0.25, -0.2) is 0 Å². The highest BCUT2D eigenvalue weighted by Crippen LogP contribution is 2.35. The van der Waals surface area contributed by atoms with Crippen molar-refractivity contribution in [3.8, 4) is 0 Å². The fourth-order valence-electron chi connectivity index (χ4n) is 2.26. The van der Waals surface area contributed by atoms with E-state index in [4.69, 9.17) is 5.73 Å². The van der Waals surface area contributed by atoms with Crippen molar-refractivity contribution in [2.24, 2.45) is 0 Å². The molecule has 0 spiro atoms. The highest BCUT2D eigenvalue weighted by molar-refractivity contribution is 5.92. The van der Waals surface area contributed by atoms with Crippen molar-refractivity contribution < 1.29 is 18.0 Å². The lowest BCUT2D eigenvalue weighted by Gasteiger charge is -2.34. The molecule has 1 fully saturated rings. The molecule has 2 rings (SSSR count). The number of hydrogen-bond donors (Lipinski definition) is 2. The molecule has 0 aliphatic heterocycles. The Labute approximate surface area is 121 Å². The van der Waals surface area contributed by atoms with Crippen LogP contribution < -0.4 is 11.1 Å². The average molecular weight is 301 g/mol. The van der Waals surface area contributed by atoms with E-state index >= 15 is 0 Å². The van der Waals surface area contributed by atoms with Crippen LogP contribution in [0.25, 0.3) is 0 Å². The van der Waals surface area contributed by atoms with E-state index in [1.165, 1.54) is 6.07 Å². The maximum absolute atomic E-state index is 12.7. The second kappa shape index (κ2) is 5.93. The first-order valence-corrected chi connectivity index (χ1v) is 6.74. The third kappa shape index (κ3) is 3.87. The van der Waals surface area contributed by atoms with Gasteiger partial charge in [0, 0.05) is 17.4 Å². The van der Waals surface area contributed by atoms with Gasteiger partial charge >= 0.3 is 6.18 Å². The number of nitrogen functional groups attached to an aromatic ring is 1. The highest BCUT2D eigenvalue weighted by Gasteiger charge is 2.33. The summed E-state index contributed by atoms with van der Waals surface area (Å²) < 4.78 is 38.2. The Morgan fingerprint density at radius 3 is 2.62 bits per heavy atom. The van der Waals surface area contributed by atoms with Crippen LogP contribution in [0, 0.1) is 0 Å². The molecule has 1 saturated carbocycles. The Hall–Kier alpha value is -1.76. The monoisotopic (exact) mass is 301 g/mol. The van der Waals surface area contributed by atoms with E-state index < -0.39 is 11.7 Å². The van der Waals surface area contributed by atoms with Crippen molar-refractivity contribution in [1.82, 2.24) is 4.90 Å². The smallest absolute Gasteiger partial charge is 0.398 e. The van der Waals surface area contributed by atoms with Crippen molar-refractivity contribution >= 4 is 17.3 Å². The molecule has 0 radical (unpaired) electrons. The number of rotatable bonds is 4. The van der Waals surface area contributed by atoms with Gasteiger partial charge in [-0.15, -0.1) is 0 Å². The number of nitrogens with one attached hydrogen (secondary N) is 1. The van der Waals surface area contributed by atoms with Gasteiger partial charge in [0.25, 0.3) is 0 Å². The van der Waals surface area contributed by atoms with E-state index in [1.54, 1.807) is 0 Å². The number of benzene rings is 1. The normalized spacial score (nSPS) is 15.9. The number of likely N-dealkylation sites (N-methyl/N-ethyl adjacent to an activating group) is 1. The van der Waals surface area contributed by atoms with E-state index in [0.29, 0.717) is 6.04 Å². The largest absolute Gasteiger partial charge is 0.418 e. The first-order chi connectivity index (χ1) is 9.77. The number of amides is 1. The summed E-state index contributed by atoms with van der Waals surface area (Å²) in [4.78, 5) is 13.8. The van der Waals surface area contributed by atoms with Crippen molar-refractivity contribution in [1.29, 1.82) is 0 Å². The molecule has 116 valence electrons. The summed E-state index contributed by atoms with van der Waals surface area (Å²) in [6.07, 6.45) is -1.26. The van der Waals surface area contributed by atoms with Crippen LogP contribution in [-0.2, 0) is 11.0 Å². The molecular formula is C14H18F3N3O. The predicted molar refractivity (Wildman–Crippen MR) is 74.8 cm³/mol. The number of anilines is 2. The number of hydrogen-bond acceptors (Lipinski definition) is 3. The number of nitrogens with zero attached hydrogens (tertiary/aromatic N) is 1. The Balaban J connectivity index is 2.00. The van der Waals surface area contributed by atoms with Crippen LogP contribution in [0.15, 0.2) is 18.2 Å². The van der Waals surface area contributed by atoms with Crippen LogP contribution in [0.2, 0.25) is 0 Å². The molecule has 1 aliphatic carbocycles. The molecular weight excluding hydrogens is 283 g/mol. The Morgan fingerprint density at radius 2 is 2.10 bits per heavy atom. The van der Waals surface area contributed by atoms with Gasteiger partial charge in [-0.1, -0.05) is 6.42 Å². The Kier molecular flexibility index (Phi) is 4.41. The van der Waals surface area contributed by atoms with E-state index in [0.717, 1.165) is 31.4 Å². The zero-order chi connectivity index (χ0) is 15.6. The molecule has 0 unspecified atom stereocenters. The molecule has 1 aromatic carbocycles. The van der Waals surface area contributed by atoms with Gasteiger partial charge in [0.1, 0.15) is 0 Å². The van der Waals surface area contributed by atoms with Crippen molar-refractivity contribution in [2.45, 2.75) is 31.5 Å². The molecule has 3 N–H and O–H groups in total. The molecule has 1 amide bonds. The first kappa shape index (κ1) is 15.6. The maximum Gasteiger partial charge on any atom is 0.418 e. The van der Waals surface area contributed by atoms with Gasteiger partial charge in [0.2, 0.25) is 5.91 Å². The molecule has 21 heavy (non-hydrogen) atoms. The third-order valence-electron chi connectivity index (χ3n) is 3.73. The van der Waals surface area contributed by atoms with Gasteiger partial charge in [-0.3, -0.25) is 9.69 Å². The fraction of sp³-hybridized carbons (Fsp3) is 0.500. The lowest BCUT2D eigenvalue weighted by molar-refractivity contribution is -0.137. The quantitative estimate of drug-likeness (QED) is 0.841. The summed E-state index contributed by atoms with van der Waals surface area (Å²) in [5, 5.41) is 2.48. The van der Waals surface area contributed by atoms with E-state index in [1.807, 2.05) is 11.9 Å². The molecule has 0 aromatic heterocycles. The van der Waals surface area contributed by atoms with Gasteiger partial charge < -0.3 is 11.1 Å². The Bertz CT molecular complexity index is 527. The number of carbonyl (C=O) groups is 1. The van der Waals surface area contributed by atoms with Crippen LogP contribution in [-0.4, -0.2) is 30.4 Å². The van der Waals surface area contributed by atoms with Gasteiger partial charge in [-0.2, -0.15) is 13.2 Å². The topological polar surface area (TPSA) is 58.4 Å². The summed E-state index contributed by atoms with van der Waals surface area (Å²) in [7, 11) is 1.84. The average Bonchev–Trinajstić information content (AvgIpc) is 2.27. The number of halogens is 3. The number of alkyl halides is 3. The summed E-state index contributed by atoms with van der Waals surface area (Å²) in [6, 6.07) is 3.77. The standard InChI is InChI=1S/C14H18F3N3O/c1-20(10-3-2-4-10)8-13(21)19-9-5-6-12(18)11(7-9)14(15,16)17/h5-7,10H,2-4,8,18H2,1H3,(H,19,21). The summed E-state index contributed by atoms with van der Waals surface area (Å²) in [6.45, 7) is 0.163. The van der Waals surface area contributed by atoms with Crippen LogP contribution >= 0.6 is 0 Å². The lowest BCUT2D eigenvalue weighted by atomic mass is 9.92. The summed E-state index contributed by atoms with van der Waals surface area (Å²) >= 11 is 0. The van der Waals surface area contributed by atoms with E-state index in [2.05, 4.69) is 5.32 Å². The molecule has 0 saturated heterocycles. The van der Waals surface area contributed by atoms with Gasteiger partial charge in [-0.05, 0) is 38.1 Å². The number of nitrogens with two attached hydrogens (primary N) is 1. The fourth-order valence-corrected chi connectivity index (χ4v) is 2.26. The minimum Gasteiger partial charge on any atom is -0.398 e. The van der Waals surface area contributed by atoms with Crippen molar-refractivity contribution in [3.63, 3.8) is 0 Å². The van der Waals surface area contributed by atoms with Crippen LogP contribution in [0.4, 0.5) is 24.5 Å². The second-order valence-electron chi connectivity index (χ2n) is 5.35. The number of carbonyl (C=O) groups excluding carboxylic acids is 1. The SMILES string of the molecule is CN(CC(=O)Nc1ccc(N)c(C(F)(F)F)c1)C1CCC1. The molecule has 0 heterocycles. The van der Waals surface area contributed by atoms with Crippen molar-refractivity contribution in [3.05, 3.63) is 23.8 Å². The lowest BCUT2D eigenvalue weighted by Crippen LogP contribution is -2.41. The Morgan fingerprint density at radius 1 is 1.43 bits per heavy atom. The summed E-state index contributed by atoms with van der Waals surface area (Å²) in [5.74, 6) is -0.331. The highest BCUT2D eigenvalue weighted by atomic mass is 19.4. The van der Waals surface area contributed by atoms with Crippen molar-refractivity contribution in [2.75, 3.05) is 24.6 Å². The molecule has 1 aliphatic rings. The van der Waals surface area contributed by atoms with Crippen LogP contribution in [0.1, 0.15) is 24.8 Å². The zero-order valence-electron chi connectivity index (χ0n) is 11.7. The van der Waals surface area contributed by atoms with Crippen LogP contribution in [0.5, 0.6) is 0 Å². The predicted octanol–water partition coefficient (Wildman–Crippen LogP) is 2.71. The second-order valence-corrected chi connectivity index (χ2v) is 5.35. The van der Waals surface area contributed by atoms with Gasteiger partial charge in [0.15, 0.2) is 0 Å². The molecule has 0 atom stereocenters. The van der Waals surface area contributed by atoms with E-state index in [-0.39, 0.29) is 23.8 Å².